The Morgan fingerprint density at radius 2 is 2.06 bits per heavy atom. The van der Waals surface area contributed by atoms with Crippen LogP contribution in [0.25, 0.3) is 0 Å². The molecule has 0 radical (unpaired) electrons. The SMILES string of the molecule is CN1CCC2(C1)NCC(C)(C)C1(CCCOC1)O2. The van der Waals surface area contributed by atoms with Gasteiger partial charge in [-0.15, -0.1) is 0 Å². The van der Waals surface area contributed by atoms with E-state index in [-0.39, 0.29) is 16.7 Å². The first-order valence-corrected chi connectivity index (χ1v) is 7.19. The van der Waals surface area contributed by atoms with Gasteiger partial charge in [0.15, 0.2) is 0 Å². The lowest BCUT2D eigenvalue weighted by Gasteiger charge is -2.57. The molecule has 3 rings (SSSR count). The highest BCUT2D eigenvalue weighted by molar-refractivity contribution is 5.06. The molecule has 1 N–H and O–H groups in total. The van der Waals surface area contributed by atoms with Crippen molar-refractivity contribution in [1.29, 1.82) is 0 Å². The molecule has 4 heteroatoms. The number of likely N-dealkylation sites (N-methyl/N-ethyl adjacent to an activating group) is 1. The minimum atomic E-state index is -0.134. The Morgan fingerprint density at radius 1 is 1.22 bits per heavy atom. The lowest BCUT2D eigenvalue weighted by molar-refractivity contribution is -0.278. The van der Waals surface area contributed by atoms with Crippen molar-refractivity contribution >= 4 is 0 Å². The Bertz CT molecular complexity index is 326. The van der Waals surface area contributed by atoms with E-state index in [4.69, 9.17) is 9.47 Å². The first kappa shape index (κ1) is 12.9. The van der Waals surface area contributed by atoms with Crippen LogP contribution in [0.3, 0.4) is 0 Å². The summed E-state index contributed by atoms with van der Waals surface area (Å²) < 4.78 is 12.4. The Morgan fingerprint density at radius 3 is 2.67 bits per heavy atom. The number of hydrogen-bond acceptors (Lipinski definition) is 4. The van der Waals surface area contributed by atoms with Gasteiger partial charge in [0.2, 0.25) is 0 Å². The van der Waals surface area contributed by atoms with Crippen LogP contribution in [0.4, 0.5) is 0 Å². The summed E-state index contributed by atoms with van der Waals surface area (Å²) in [6.07, 6.45) is 3.34. The van der Waals surface area contributed by atoms with Gasteiger partial charge in [-0.25, -0.2) is 0 Å². The predicted octanol–water partition coefficient (Wildman–Crippen LogP) is 1.21. The van der Waals surface area contributed by atoms with Crippen LogP contribution in [-0.4, -0.2) is 56.1 Å². The van der Waals surface area contributed by atoms with Crippen molar-refractivity contribution in [2.75, 3.05) is 39.9 Å². The zero-order chi connectivity index (χ0) is 12.9. The second-order valence-corrected chi connectivity index (χ2v) is 6.97. The fourth-order valence-corrected chi connectivity index (χ4v) is 3.67. The van der Waals surface area contributed by atoms with Gasteiger partial charge in [-0.2, -0.15) is 0 Å². The molecule has 3 aliphatic rings. The van der Waals surface area contributed by atoms with Gasteiger partial charge in [0.05, 0.1) is 6.61 Å². The molecule has 0 aromatic carbocycles. The molecule has 2 spiro atoms. The highest BCUT2D eigenvalue weighted by Gasteiger charge is 2.57. The second kappa shape index (κ2) is 4.17. The predicted molar refractivity (Wildman–Crippen MR) is 70.5 cm³/mol. The zero-order valence-electron chi connectivity index (χ0n) is 11.9. The average Bonchev–Trinajstić information content (AvgIpc) is 2.68. The van der Waals surface area contributed by atoms with Crippen LogP contribution < -0.4 is 5.32 Å². The van der Waals surface area contributed by atoms with E-state index >= 15 is 0 Å². The van der Waals surface area contributed by atoms with Crippen LogP contribution in [0.15, 0.2) is 0 Å². The maximum atomic E-state index is 6.67. The van der Waals surface area contributed by atoms with Gasteiger partial charge in [0.1, 0.15) is 11.3 Å². The summed E-state index contributed by atoms with van der Waals surface area (Å²) in [7, 11) is 2.17. The Labute approximate surface area is 110 Å². The molecule has 3 heterocycles. The topological polar surface area (TPSA) is 33.7 Å². The summed E-state index contributed by atoms with van der Waals surface area (Å²) in [5.74, 6) is 0. The van der Waals surface area contributed by atoms with E-state index < -0.39 is 0 Å². The van der Waals surface area contributed by atoms with Crippen LogP contribution in [0.1, 0.15) is 33.1 Å². The van der Waals surface area contributed by atoms with Crippen molar-refractivity contribution in [3.8, 4) is 0 Å². The summed E-state index contributed by atoms with van der Waals surface area (Å²) in [4.78, 5) is 2.35. The Kier molecular flexibility index (Phi) is 2.98. The molecule has 3 fully saturated rings. The fourth-order valence-electron chi connectivity index (χ4n) is 3.67. The van der Waals surface area contributed by atoms with Crippen molar-refractivity contribution in [3.63, 3.8) is 0 Å². The number of ether oxygens (including phenoxy) is 2. The molecule has 3 saturated heterocycles. The summed E-state index contributed by atoms with van der Waals surface area (Å²) >= 11 is 0. The molecule has 0 aromatic rings. The van der Waals surface area contributed by atoms with E-state index in [1.54, 1.807) is 0 Å². The van der Waals surface area contributed by atoms with Crippen molar-refractivity contribution < 1.29 is 9.47 Å². The molecule has 18 heavy (non-hydrogen) atoms. The van der Waals surface area contributed by atoms with Crippen LogP contribution >= 0.6 is 0 Å². The molecule has 104 valence electrons. The molecule has 0 saturated carbocycles. The minimum absolute atomic E-state index is 0.0956. The normalized spacial score (nSPS) is 44.8. The maximum Gasteiger partial charge on any atom is 0.134 e. The van der Waals surface area contributed by atoms with Gasteiger partial charge in [-0.05, 0) is 19.9 Å². The first-order chi connectivity index (χ1) is 8.47. The highest BCUT2D eigenvalue weighted by Crippen LogP contribution is 2.47. The van der Waals surface area contributed by atoms with Gasteiger partial charge in [-0.1, -0.05) is 13.8 Å². The second-order valence-electron chi connectivity index (χ2n) is 6.97. The van der Waals surface area contributed by atoms with Crippen LogP contribution in [0.2, 0.25) is 0 Å². The van der Waals surface area contributed by atoms with Gasteiger partial charge < -0.3 is 14.4 Å². The van der Waals surface area contributed by atoms with Crippen LogP contribution in [0.5, 0.6) is 0 Å². The number of rotatable bonds is 0. The van der Waals surface area contributed by atoms with Gasteiger partial charge in [0, 0.05) is 38.1 Å². The molecular formula is C14H26N2O2. The number of hydrogen-bond donors (Lipinski definition) is 1. The smallest absolute Gasteiger partial charge is 0.134 e. The molecule has 0 amide bonds. The highest BCUT2D eigenvalue weighted by atomic mass is 16.6. The molecule has 0 bridgehead atoms. The summed E-state index contributed by atoms with van der Waals surface area (Å²) in [6, 6.07) is 0. The molecule has 3 aliphatic heterocycles. The number of likely N-dealkylation sites (tertiary alicyclic amines) is 1. The van der Waals surface area contributed by atoms with Crippen LogP contribution in [-0.2, 0) is 9.47 Å². The van der Waals surface area contributed by atoms with Gasteiger partial charge in [-0.3, -0.25) is 5.32 Å². The third-order valence-corrected chi connectivity index (χ3v) is 5.10. The molecule has 2 atom stereocenters. The van der Waals surface area contributed by atoms with Crippen molar-refractivity contribution in [1.82, 2.24) is 10.2 Å². The lowest BCUT2D eigenvalue weighted by atomic mass is 9.70. The number of nitrogens with zero attached hydrogens (tertiary/aromatic N) is 1. The van der Waals surface area contributed by atoms with E-state index in [1.165, 1.54) is 0 Å². The molecular weight excluding hydrogens is 228 g/mol. The Hall–Kier alpha value is -0.160. The zero-order valence-corrected chi connectivity index (χ0v) is 11.9. The van der Waals surface area contributed by atoms with E-state index in [2.05, 4.69) is 31.1 Å². The monoisotopic (exact) mass is 254 g/mol. The summed E-state index contributed by atoms with van der Waals surface area (Å²) in [6.45, 7) is 9.38. The summed E-state index contributed by atoms with van der Waals surface area (Å²) in [5.41, 5.74) is -0.0908. The average molecular weight is 254 g/mol. The van der Waals surface area contributed by atoms with Gasteiger partial charge >= 0.3 is 0 Å². The van der Waals surface area contributed by atoms with E-state index in [0.717, 1.165) is 52.1 Å². The molecule has 2 unspecified atom stereocenters. The van der Waals surface area contributed by atoms with E-state index in [0.29, 0.717) is 0 Å². The van der Waals surface area contributed by atoms with Crippen molar-refractivity contribution in [3.05, 3.63) is 0 Å². The van der Waals surface area contributed by atoms with Crippen LogP contribution in [0, 0.1) is 5.41 Å². The first-order valence-electron chi connectivity index (χ1n) is 7.19. The molecule has 0 aromatic heterocycles. The molecule has 0 aliphatic carbocycles. The lowest BCUT2D eigenvalue weighted by Crippen LogP contribution is -2.70. The maximum absolute atomic E-state index is 6.67. The number of nitrogens with one attached hydrogen (secondary N) is 1. The third-order valence-electron chi connectivity index (χ3n) is 5.10. The van der Waals surface area contributed by atoms with Crippen molar-refractivity contribution in [2.24, 2.45) is 5.41 Å². The largest absolute Gasteiger partial charge is 0.378 e. The van der Waals surface area contributed by atoms with E-state index in [9.17, 15) is 0 Å². The van der Waals surface area contributed by atoms with E-state index in [1.807, 2.05) is 0 Å². The molecule has 4 nitrogen and oxygen atoms in total. The minimum Gasteiger partial charge on any atom is -0.378 e. The third kappa shape index (κ3) is 1.90. The summed E-state index contributed by atoms with van der Waals surface area (Å²) in [5, 5.41) is 3.67. The van der Waals surface area contributed by atoms with Gasteiger partial charge in [0.25, 0.3) is 0 Å². The fraction of sp³-hybridized carbons (Fsp3) is 1.00. The quantitative estimate of drug-likeness (QED) is 0.704. The van der Waals surface area contributed by atoms with Crippen molar-refractivity contribution in [2.45, 2.75) is 44.4 Å². The Balaban J connectivity index is 1.85. The standard InChI is InChI=1S/C14H26N2O2/c1-12(2)9-15-14(6-7-16(3)10-14)18-13(12)5-4-8-17-11-13/h15H,4-11H2,1-3H3.